The van der Waals surface area contributed by atoms with Gasteiger partial charge in [0.1, 0.15) is 5.82 Å². The minimum atomic E-state index is -0.629. The first kappa shape index (κ1) is 17.2. The van der Waals surface area contributed by atoms with Gasteiger partial charge >= 0.3 is 0 Å². The molecule has 2 aromatic rings. The molecule has 0 unspecified atom stereocenters. The summed E-state index contributed by atoms with van der Waals surface area (Å²) in [5.41, 5.74) is 1.15. The first-order valence-electron chi connectivity index (χ1n) is 8.00. The van der Waals surface area contributed by atoms with Crippen LogP contribution in [0.15, 0.2) is 42.5 Å². The lowest BCUT2D eigenvalue weighted by Gasteiger charge is -2.26. The van der Waals surface area contributed by atoms with Crippen LogP contribution in [-0.4, -0.2) is 42.8 Å². The zero-order valence-electron chi connectivity index (χ0n) is 14.1. The Morgan fingerprint density at radius 2 is 1.88 bits per heavy atom. The second kappa shape index (κ2) is 7.11. The minimum absolute atomic E-state index is 0.210. The van der Waals surface area contributed by atoms with Crippen molar-refractivity contribution in [3.05, 3.63) is 59.4 Å². The molecule has 1 fully saturated rings. The maximum absolute atomic E-state index is 13.2. The quantitative estimate of drug-likeness (QED) is 0.926. The van der Waals surface area contributed by atoms with Crippen molar-refractivity contribution in [1.29, 1.82) is 0 Å². The van der Waals surface area contributed by atoms with Crippen LogP contribution in [-0.2, 0) is 0 Å². The van der Waals surface area contributed by atoms with Crippen molar-refractivity contribution in [1.82, 2.24) is 4.90 Å². The Hall–Kier alpha value is -2.60. The first-order chi connectivity index (χ1) is 12.0. The normalized spacial score (nSPS) is 19.8. The minimum Gasteiger partial charge on any atom is -0.493 e. The van der Waals surface area contributed by atoms with E-state index in [1.165, 1.54) is 26.4 Å². The number of nitrogens with zero attached hydrogens (tertiary/aromatic N) is 1. The largest absolute Gasteiger partial charge is 0.493 e. The van der Waals surface area contributed by atoms with Crippen LogP contribution in [0.3, 0.4) is 0 Å². The van der Waals surface area contributed by atoms with Crippen LogP contribution in [0.5, 0.6) is 11.5 Å². The molecule has 1 aliphatic heterocycles. The fourth-order valence-corrected chi connectivity index (χ4v) is 3.25. The van der Waals surface area contributed by atoms with Gasteiger partial charge in [-0.05, 0) is 36.2 Å². The number of hydrogen-bond donors (Lipinski definition) is 1. The number of benzene rings is 2. The Labute approximate surface area is 145 Å². The molecule has 1 N–H and O–H groups in total. The number of carbonyl (C=O) groups excluding carboxylic acids is 1. The van der Waals surface area contributed by atoms with Gasteiger partial charge in [0.25, 0.3) is 5.91 Å². The molecule has 1 aliphatic rings. The summed E-state index contributed by atoms with van der Waals surface area (Å²) < 4.78 is 23.8. The highest BCUT2D eigenvalue weighted by Gasteiger charge is 2.37. The molecule has 1 heterocycles. The standard InChI is InChI=1S/C19H20FNO4/c1-24-17-5-3-4-15(18(17)25-2)19(23)21-11-14(22)10-16(21)12-6-8-13(20)9-7-12/h3-9,14,16,22H,10-11H2,1-2H3/t14-,16-/m1/s1. The molecule has 5 nitrogen and oxygen atoms in total. The molecule has 0 spiro atoms. The molecule has 25 heavy (non-hydrogen) atoms. The lowest BCUT2D eigenvalue weighted by Crippen LogP contribution is -2.32. The molecule has 0 saturated carbocycles. The van der Waals surface area contributed by atoms with Crippen LogP contribution in [0, 0.1) is 5.82 Å². The van der Waals surface area contributed by atoms with Crippen LogP contribution < -0.4 is 9.47 Å². The molecule has 0 aliphatic carbocycles. The monoisotopic (exact) mass is 345 g/mol. The zero-order chi connectivity index (χ0) is 18.0. The SMILES string of the molecule is COc1cccc(C(=O)N2C[C@H](O)C[C@@H]2c2ccc(F)cc2)c1OC. The van der Waals surface area contributed by atoms with Crippen LogP contribution in [0.2, 0.25) is 0 Å². The summed E-state index contributed by atoms with van der Waals surface area (Å²) in [7, 11) is 2.98. The highest BCUT2D eigenvalue weighted by atomic mass is 19.1. The number of rotatable bonds is 4. The van der Waals surface area contributed by atoms with Crippen LogP contribution in [0.1, 0.15) is 28.4 Å². The van der Waals surface area contributed by atoms with Crippen LogP contribution in [0.4, 0.5) is 4.39 Å². The Morgan fingerprint density at radius 3 is 2.52 bits per heavy atom. The molecule has 0 radical (unpaired) electrons. The summed E-state index contributed by atoms with van der Waals surface area (Å²) in [5.74, 6) is 0.219. The average Bonchev–Trinajstić information content (AvgIpc) is 3.02. The second-order valence-electron chi connectivity index (χ2n) is 5.96. The average molecular weight is 345 g/mol. The number of amides is 1. The summed E-state index contributed by atoms with van der Waals surface area (Å²) >= 11 is 0. The summed E-state index contributed by atoms with van der Waals surface area (Å²) in [5, 5.41) is 10.1. The second-order valence-corrected chi connectivity index (χ2v) is 5.96. The van der Waals surface area contributed by atoms with Crippen molar-refractivity contribution in [3.8, 4) is 11.5 Å². The third-order valence-corrected chi connectivity index (χ3v) is 4.43. The van der Waals surface area contributed by atoms with E-state index in [0.717, 1.165) is 5.56 Å². The van der Waals surface area contributed by atoms with Gasteiger partial charge in [-0.1, -0.05) is 18.2 Å². The van der Waals surface area contributed by atoms with Crippen molar-refractivity contribution in [2.24, 2.45) is 0 Å². The summed E-state index contributed by atoms with van der Waals surface area (Å²) in [6.07, 6.45) is -0.223. The van der Waals surface area contributed by atoms with Gasteiger partial charge in [-0.3, -0.25) is 4.79 Å². The van der Waals surface area contributed by atoms with Gasteiger partial charge < -0.3 is 19.5 Å². The maximum Gasteiger partial charge on any atom is 0.258 e. The van der Waals surface area contributed by atoms with E-state index in [0.29, 0.717) is 23.5 Å². The van der Waals surface area contributed by atoms with Crippen molar-refractivity contribution >= 4 is 5.91 Å². The van der Waals surface area contributed by atoms with Crippen molar-refractivity contribution in [2.75, 3.05) is 20.8 Å². The number of para-hydroxylation sites is 1. The number of β-amino-alcohol motifs (C(OH)–C–C–N with tert-alkyl or cyclic N) is 1. The topological polar surface area (TPSA) is 59.0 Å². The molecular formula is C19H20FNO4. The zero-order valence-corrected chi connectivity index (χ0v) is 14.1. The molecule has 2 aromatic carbocycles. The molecule has 132 valence electrons. The van der Waals surface area contributed by atoms with Gasteiger partial charge in [0.05, 0.1) is 31.9 Å². The van der Waals surface area contributed by atoms with E-state index in [1.807, 2.05) is 0 Å². The third-order valence-electron chi connectivity index (χ3n) is 4.43. The first-order valence-corrected chi connectivity index (χ1v) is 8.00. The number of ether oxygens (including phenoxy) is 2. The summed E-state index contributed by atoms with van der Waals surface area (Å²) in [4.78, 5) is 14.7. The molecule has 1 saturated heterocycles. The predicted molar refractivity (Wildman–Crippen MR) is 90.3 cm³/mol. The Morgan fingerprint density at radius 1 is 1.16 bits per heavy atom. The summed E-state index contributed by atoms with van der Waals surface area (Å²) in [6, 6.07) is 10.8. The number of hydrogen-bond acceptors (Lipinski definition) is 4. The molecule has 0 bridgehead atoms. The molecule has 0 aromatic heterocycles. The van der Waals surface area contributed by atoms with Crippen LogP contribution >= 0.6 is 0 Å². The number of methoxy groups -OCH3 is 2. The summed E-state index contributed by atoms with van der Waals surface area (Å²) in [6.45, 7) is 0.210. The highest BCUT2D eigenvalue weighted by molar-refractivity contribution is 5.98. The van der Waals surface area contributed by atoms with Gasteiger partial charge in [-0.25, -0.2) is 4.39 Å². The van der Waals surface area contributed by atoms with E-state index >= 15 is 0 Å². The van der Waals surface area contributed by atoms with Gasteiger partial charge in [0.15, 0.2) is 11.5 Å². The van der Waals surface area contributed by atoms with E-state index in [2.05, 4.69) is 0 Å². The van der Waals surface area contributed by atoms with Gasteiger partial charge in [-0.2, -0.15) is 0 Å². The van der Waals surface area contributed by atoms with E-state index in [-0.39, 0.29) is 24.3 Å². The van der Waals surface area contributed by atoms with Gasteiger partial charge in [0, 0.05) is 6.54 Å². The van der Waals surface area contributed by atoms with Crippen molar-refractivity contribution in [3.63, 3.8) is 0 Å². The maximum atomic E-state index is 13.2. The fourth-order valence-electron chi connectivity index (χ4n) is 3.25. The molecule has 2 atom stereocenters. The molecular weight excluding hydrogens is 325 g/mol. The lowest BCUT2D eigenvalue weighted by molar-refractivity contribution is 0.0711. The number of aliphatic hydroxyl groups excluding tert-OH is 1. The van der Waals surface area contributed by atoms with Gasteiger partial charge in [0.2, 0.25) is 0 Å². The number of likely N-dealkylation sites (tertiary alicyclic amines) is 1. The van der Waals surface area contributed by atoms with Crippen molar-refractivity contribution < 1.29 is 23.8 Å². The highest BCUT2D eigenvalue weighted by Crippen LogP contribution is 2.37. The van der Waals surface area contributed by atoms with E-state index in [4.69, 9.17) is 9.47 Å². The van der Waals surface area contributed by atoms with Gasteiger partial charge in [-0.15, -0.1) is 0 Å². The Bertz CT molecular complexity index is 763. The third kappa shape index (κ3) is 3.30. The van der Waals surface area contributed by atoms with Crippen LogP contribution in [0.25, 0.3) is 0 Å². The number of carbonyl (C=O) groups is 1. The number of aliphatic hydroxyl groups is 1. The Balaban J connectivity index is 1.96. The predicted octanol–water partition coefficient (Wildman–Crippen LogP) is 2.79. The van der Waals surface area contributed by atoms with E-state index in [9.17, 15) is 14.3 Å². The smallest absolute Gasteiger partial charge is 0.258 e. The Kier molecular flexibility index (Phi) is 4.90. The van der Waals surface area contributed by atoms with E-state index in [1.54, 1.807) is 35.2 Å². The van der Waals surface area contributed by atoms with E-state index < -0.39 is 6.10 Å². The molecule has 3 rings (SSSR count). The molecule has 1 amide bonds. The fraction of sp³-hybridized carbons (Fsp3) is 0.316. The number of halogens is 1. The lowest BCUT2D eigenvalue weighted by atomic mass is 10.0. The van der Waals surface area contributed by atoms with Crippen molar-refractivity contribution in [2.45, 2.75) is 18.6 Å². The molecule has 6 heteroatoms.